The van der Waals surface area contributed by atoms with Gasteiger partial charge in [0, 0.05) is 24.2 Å². The minimum absolute atomic E-state index is 0.0289. The maximum Gasteiger partial charge on any atom is 0.315 e. The van der Waals surface area contributed by atoms with Gasteiger partial charge in [-0.05, 0) is 24.1 Å². The van der Waals surface area contributed by atoms with Gasteiger partial charge in [0.1, 0.15) is 0 Å². The molecule has 2 amide bonds. The number of nitrogens with one attached hydrogen (secondary N) is 2. The van der Waals surface area contributed by atoms with Crippen LogP contribution in [0.5, 0.6) is 0 Å². The smallest absolute Gasteiger partial charge is 0.315 e. The first-order valence-electron chi connectivity index (χ1n) is 6.17. The number of hydrogen-bond donors (Lipinski definition) is 3. The van der Waals surface area contributed by atoms with Gasteiger partial charge in [0.25, 0.3) is 0 Å². The summed E-state index contributed by atoms with van der Waals surface area (Å²) in [5, 5.41) is 14.0. The zero-order valence-corrected chi connectivity index (χ0v) is 12.3. The molecule has 19 heavy (non-hydrogen) atoms. The third-order valence-electron chi connectivity index (χ3n) is 2.35. The van der Waals surface area contributed by atoms with Gasteiger partial charge < -0.3 is 20.5 Å². The Hall–Kier alpha value is -1.11. The van der Waals surface area contributed by atoms with E-state index in [-0.39, 0.29) is 12.6 Å². The standard InChI is InChI=1S/C13H19BrN2O3/c14-12-4-2-11(3-5-12)10-16-13(18)15-6-1-8-19-9-7-17/h2-5,17H,1,6-10H2,(H2,15,16,18). The van der Waals surface area contributed by atoms with Crippen LogP contribution < -0.4 is 10.6 Å². The Morgan fingerprint density at radius 2 is 1.95 bits per heavy atom. The Kier molecular flexibility index (Phi) is 8.20. The van der Waals surface area contributed by atoms with Crippen LogP contribution in [0.2, 0.25) is 0 Å². The molecule has 106 valence electrons. The van der Waals surface area contributed by atoms with Crippen molar-refractivity contribution in [2.45, 2.75) is 13.0 Å². The van der Waals surface area contributed by atoms with Crippen molar-refractivity contribution in [2.75, 3.05) is 26.4 Å². The summed E-state index contributed by atoms with van der Waals surface area (Å²) in [5.74, 6) is 0. The van der Waals surface area contributed by atoms with E-state index in [9.17, 15) is 4.79 Å². The van der Waals surface area contributed by atoms with Crippen LogP contribution in [0.1, 0.15) is 12.0 Å². The number of aliphatic hydroxyl groups excluding tert-OH is 1. The molecule has 0 aliphatic heterocycles. The van der Waals surface area contributed by atoms with Crippen LogP contribution >= 0.6 is 15.9 Å². The minimum atomic E-state index is -0.190. The fourth-order valence-corrected chi connectivity index (χ4v) is 1.65. The molecule has 5 nitrogen and oxygen atoms in total. The first-order chi connectivity index (χ1) is 9.22. The van der Waals surface area contributed by atoms with Crippen LogP contribution in [0, 0.1) is 0 Å². The van der Waals surface area contributed by atoms with Crippen LogP contribution in [0.3, 0.4) is 0 Å². The van der Waals surface area contributed by atoms with Gasteiger partial charge in [-0.2, -0.15) is 0 Å². The predicted octanol–water partition coefficient (Wildman–Crippen LogP) is 1.65. The average Bonchev–Trinajstić information content (AvgIpc) is 2.42. The number of benzene rings is 1. The molecule has 0 radical (unpaired) electrons. The van der Waals surface area contributed by atoms with Crippen molar-refractivity contribution in [3.05, 3.63) is 34.3 Å². The number of amides is 2. The van der Waals surface area contributed by atoms with Crippen molar-refractivity contribution in [1.82, 2.24) is 10.6 Å². The summed E-state index contributed by atoms with van der Waals surface area (Å²) in [5.41, 5.74) is 1.05. The van der Waals surface area contributed by atoms with E-state index in [1.54, 1.807) is 0 Å². The number of halogens is 1. The zero-order chi connectivity index (χ0) is 13.9. The predicted molar refractivity (Wildman–Crippen MR) is 76.9 cm³/mol. The van der Waals surface area contributed by atoms with Gasteiger partial charge in [0.15, 0.2) is 0 Å². The molecule has 1 rings (SSSR count). The summed E-state index contributed by atoms with van der Waals surface area (Å²) in [6.45, 7) is 1.96. The maximum absolute atomic E-state index is 11.5. The van der Waals surface area contributed by atoms with Crippen LogP contribution in [-0.2, 0) is 11.3 Å². The number of urea groups is 1. The molecule has 0 heterocycles. The van der Waals surface area contributed by atoms with Crippen molar-refractivity contribution < 1.29 is 14.6 Å². The summed E-state index contributed by atoms with van der Waals surface area (Å²) in [4.78, 5) is 11.5. The highest BCUT2D eigenvalue weighted by molar-refractivity contribution is 9.10. The van der Waals surface area contributed by atoms with E-state index in [0.717, 1.165) is 16.5 Å². The lowest BCUT2D eigenvalue weighted by molar-refractivity contribution is 0.0910. The van der Waals surface area contributed by atoms with E-state index >= 15 is 0 Å². The first kappa shape index (κ1) is 15.9. The fraction of sp³-hybridized carbons (Fsp3) is 0.462. The van der Waals surface area contributed by atoms with Crippen molar-refractivity contribution in [3.8, 4) is 0 Å². The van der Waals surface area contributed by atoms with Gasteiger partial charge >= 0.3 is 6.03 Å². The lowest BCUT2D eigenvalue weighted by atomic mass is 10.2. The Labute approximate surface area is 121 Å². The molecular weight excluding hydrogens is 312 g/mol. The molecule has 0 aliphatic rings. The second-order valence-electron chi connectivity index (χ2n) is 3.93. The van der Waals surface area contributed by atoms with E-state index < -0.39 is 0 Å². The summed E-state index contributed by atoms with van der Waals surface area (Å²) in [7, 11) is 0. The normalized spacial score (nSPS) is 10.2. The van der Waals surface area contributed by atoms with Gasteiger partial charge in [-0.3, -0.25) is 0 Å². The number of hydrogen-bond acceptors (Lipinski definition) is 3. The Bertz CT molecular complexity index is 371. The van der Waals surface area contributed by atoms with Crippen molar-refractivity contribution in [2.24, 2.45) is 0 Å². The van der Waals surface area contributed by atoms with Crippen molar-refractivity contribution >= 4 is 22.0 Å². The molecule has 0 saturated carbocycles. The summed E-state index contributed by atoms with van der Waals surface area (Å²) in [6, 6.07) is 7.59. The molecule has 0 aliphatic carbocycles. The highest BCUT2D eigenvalue weighted by atomic mass is 79.9. The molecule has 1 aromatic carbocycles. The first-order valence-corrected chi connectivity index (χ1v) is 6.96. The fourth-order valence-electron chi connectivity index (χ4n) is 1.39. The summed E-state index contributed by atoms with van der Waals surface area (Å²) >= 11 is 3.36. The van der Waals surface area contributed by atoms with E-state index in [1.807, 2.05) is 24.3 Å². The Balaban J connectivity index is 2.06. The third kappa shape index (κ3) is 7.81. The van der Waals surface area contributed by atoms with E-state index in [1.165, 1.54) is 0 Å². The molecule has 6 heteroatoms. The van der Waals surface area contributed by atoms with Crippen LogP contribution in [-0.4, -0.2) is 37.5 Å². The van der Waals surface area contributed by atoms with Gasteiger partial charge in [0.05, 0.1) is 13.2 Å². The molecule has 0 aromatic heterocycles. The molecular formula is C13H19BrN2O3. The Morgan fingerprint density at radius 1 is 1.21 bits per heavy atom. The third-order valence-corrected chi connectivity index (χ3v) is 2.88. The molecule has 1 aromatic rings. The number of carbonyl (C=O) groups is 1. The molecule has 0 unspecified atom stereocenters. The monoisotopic (exact) mass is 330 g/mol. The molecule has 0 saturated heterocycles. The van der Waals surface area contributed by atoms with E-state index in [2.05, 4.69) is 26.6 Å². The SMILES string of the molecule is O=C(NCCCOCCO)NCc1ccc(Br)cc1. The molecule has 0 spiro atoms. The number of rotatable bonds is 8. The molecule has 0 bridgehead atoms. The quantitative estimate of drug-likeness (QED) is 0.635. The van der Waals surface area contributed by atoms with Crippen molar-refractivity contribution in [3.63, 3.8) is 0 Å². The van der Waals surface area contributed by atoms with Crippen molar-refractivity contribution in [1.29, 1.82) is 0 Å². The van der Waals surface area contributed by atoms with E-state index in [0.29, 0.717) is 26.3 Å². The van der Waals surface area contributed by atoms with Crippen LogP contribution in [0.15, 0.2) is 28.7 Å². The zero-order valence-electron chi connectivity index (χ0n) is 10.7. The number of aliphatic hydroxyl groups is 1. The van der Waals surface area contributed by atoms with Gasteiger partial charge in [-0.15, -0.1) is 0 Å². The van der Waals surface area contributed by atoms with Gasteiger partial charge in [0.2, 0.25) is 0 Å². The largest absolute Gasteiger partial charge is 0.394 e. The summed E-state index contributed by atoms with van der Waals surface area (Å²) in [6.07, 6.45) is 0.728. The Morgan fingerprint density at radius 3 is 2.63 bits per heavy atom. The highest BCUT2D eigenvalue weighted by Gasteiger charge is 1.99. The second kappa shape index (κ2) is 9.77. The van der Waals surface area contributed by atoms with Gasteiger partial charge in [-0.25, -0.2) is 4.79 Å². The van der Waals surface area contributed by atoms with E-state index in [4.69, 9.17) is 9.84 Å². The molecule has 3 N–H and O–H groups in total. The van der Waals surface area contributed by atoms with Gasteiger partial charge in [-0.1, -0.05) is 28.1 Å². The molecule has 0 fully saturated rings. The minimum Gasteiger partial charge on any atom is -0.394 e. The second-order valence-corrected chi connectivity index (χ2v) is 4.84. The van der Waals surface area contributed by atoms with Crippen LogP contribution in [0.25, 0.3) is 0 Å². The maximum atomic E-state index is 11.5. The summed E-state index contributed by atoms with van der Waals surface area (Å²) < 4.78 is 6.10. The molecule has 0 atom stereocenters. The lowest BCUT2D eigenvalue weighted by Crippen LogP contribution is -2.35. The topological polar surface area (TPSA) is 70.6 Å². The highest BCUT2D eigenvalue weighted by Crippen LogP contribution is 2.09. The number of ether oxygens (including phenoxy) is 1. The number of carbonyl (C=O) groups excluding carboxylic acids is 1. The lowest BCUT2D eigenvalue weighted by Gasteiger charge is -2.08. The van der Waals surface area contributed by atoms with Crippen LogP contribution in [0.4, 0.5) is 4.79 Å². The average molecular weight is 331 g/mol.